The molecule has 2 heterocycles. The first kappa shape index (κ1) is 12.7. The van der Waals surface area contributed by atoms with Crippen molar-refractivity contribution in [2.45, 2.75) is 19.4 Å². The van der Waals surface area contributed by atoms with E-state index in [2.05, 4.69) is 20.3 Å². The summed E-state index contributed by atoms with van der Waals surface area (Å²) in [7, 11) is 0. The maximum atomic E-state index is 11.2. The van der Waals surface area contributed by atoms with Gasteiger partial charge < -0.3 is 11.2 Å². The van der Waals surface area contributed by atoms with Crippen molar-refractivity contribution >= 4 is 11.7 Å². The van der Waals surface area contributed by atoms with Gasteiger partial charge in [0.1, 0.15) is 0 Å². The van der Waals surface area contributed by atoms with Crippen molar-refractivity contribution in [1.82, 2.24) is 14.9 Å². The molecule has 1 aliphatic heterocycles. The summed E-state index contributed by atoms with van der Waals surface area (Å²) < 4.78 is 0. The third-order valence-electron chi connectivity index (χ3n) is 3.15. The number of anilines is 1. The first-order chi connectivity index (χ1) is 8.69. The van der Waals surface area contributed by atoms with E-state index in [0.29, 0.717) is 18.9 Å². The minimum atomic E-state index is -0.214. The van der Waals surface area contributed by atoms with Gasteiger partial charge in [0.05, 0.1) is 24.0 Å². The number of hydrogen-bond donors (Lipinski definition) is 3. The largest absolute Gasteiger partial charge is 0.369 e. The fourth-order valence-electron chi connectivity index (χ4n) is 2.17. The number of piperidine rings is 1. The van der Waals surface area contributed by atoms with E-state index in [1.54, 1.807) is 12.4 Å². The first-order valence-corrected chi connectivity index (χ1v) is 5.98. The van der Waals surface area contributed by atoms with Gasteiger partial charge in [-0.2, -0.15) is 0 Å². The van der Waals surface area contributed by atoms with E-state index in [9.17, 15) is 4.79 Å². The number of nitrogen functional groups attached to an aromatic ring is 1. The molecule has 1 aromatic heterocycles. The Morgan fingerprint density at radius 1 is 1.50 bits per heavy atom. The maximum absolute atomic E-state index is 11.2. The molecule has 1 saturated heterocycles. The normalized spacial score (nSPS) is 20.6. The number of nitrogens with two attached hydrogens (primary N) is 2. The second-order valence-corrected chi connectivity index (χ2v) is 4.51. The summed E-state index contributed by atoms with van der Waals surface area (Å²) in [5.74, 6) is 5.50. The highest BCUT2D eigenvalue weighted by Gasteiger charge is 2.24. The summed E-state index contributed by atoms with van der Waals surface area (Å²) in [6.07, 6.45) is 5.14. The quantitative estimate of drug-likeness (QED) is 0.489. The molecule has 1 atom stereocenters. The number of hydrogen-bond acceptors (Lipinski definition) is 6. The van der Waals surface area contributed by atoms with E-state index >= 15 is 0 Å². The standard InChI is InChI=1S/C11H18N6O/c12-11(18)8-2-1-3-17(6-8)7-9-4-15-10(16-13)5-14-9/h4-5,8H,1-3,6-7,13H2,(H2,12,18)(H,15,16). The highest BCUT2D eigenvalue weighted by molar-refractivity contribution is 5.76. The molecule has 7 heteroatoms. The van der Waals surface area contributed by atoms with Crippen LogP contribution in [-0.4, -0.2) is 33.9 Å². The molecule has 5 N–H and O–H groups in total. The second-order valence-electron chi connectivity index (χ2n) is 4.51. The highest BCUT2D eigenvalue weighted by Crippen LogP contribution is 2.17. The molecule has 98 valence electrons. The van der Waals surface area contributed by atoms with Gasteiger partial charge in [-0.25, -0.2) is 10.8 Å². The van der Waals surface area contributed by atoms with Crippen molar-refractivity contribution in [2.24, 2.45) is 17.5 Å². The van der Waals surface area contributed by atoms with Crippen molar-refractivity contribution in [2.75, 3.05) is 18.5 Å². The maximum Gasteiger partial charge on any atom is 0.221 e. The fraction of sp³-hybridized carbons (Fsp3) is 0.545. The summed E-state index contributed by atoms with van der Waals surface area (Å²) in [5.41, 5.74) is 8.64. The van der Waals surface area contributed by atoms with Crippen LogP contribution < -0.4 is 17.0 Å². The zero-order valence-corrected chi connectivity index (χ0v) is 10.2. The predicted molar refractivity (Wildman–Crippen MR) is 67.0 cm³/mol. The Labute approximate surface area is 106 Å². The Morgan fingerprint density at radius 3 is 2.94 bits per heavy atom. The van der Waals surface area contributed by atoms with Crippen LogP contribution in [0.4, 0.5) is 5.82 Å². The average Bonchev–Trinajstić information content (AvgIpc) is 2.40. The van der Waals surface area contributed by atoms with Crippen molar-refractivity contribution < 1.29 is 4.79 Å². The van der Waals surface area contributed by atoms with Crippen LogP contribution in [0.1, 0.15) is 18.5 Å². The lowest BCUT2D eigenvalue weighted by atomic mass is 9.97. The van der Waals surface area contributed by atoms with Crippen molar-refractivity contribution in [3.63, 3.8) is 0 Å². The van der Waals surface area contributed by atoms with Crippen LogP contribution in [0.5, 0.6) is 0 Å². The topological polar surface area (TPSA) is 110 Å². The fourth-order valence-corrected chi connectivity index (χ4v) is 2.17. The summed E-state index contributed by atoms with van der Waals surface area (Å²) in [4.78, 5) is 21.7. The highest BCUT2D eigenvalue weighted by atomic mass is 16.1. The van der Waals surface area contributed by atoms with E-state index in [1.807, 2.05) is 0 Å². The third-order valence-corrected chi connectivity index (χ3v) is 3.15. The summed E-state index contributed by atoms with van der Waals surface area (Å²) in [5, 5.41) is 0. The van der Waals surface area contributed by atoms with Crippen LogP contribution in [-0.2, 0) is 11.3 Å². The monoisotopic (exact) mass is 250 g/mol. The number of nitrogens with one attached hydrogen (secondary N) is 1. The Bertz CT molecular complexity index is 406. The Kier molecular flexibility index (Phi) is 4.06. The summed E-state index contributed by atoms with van der Waals surface area (Å²) in [6, 6.07) is 0. The van der Waals surface area contributed by atoms with Gasteiger partial charge in [0.25, 0.3) is 0 Å². The molecule has 0 radical (unpaired) electrons. The lowest BCUT2D eigenvalue weighted by Gasteiger charge is -2.30. The number of hydrazine groups is 1. The summed E-state index contributed by atoms with van der Waals surface area (Å²) in [6.45, 7) is 2.35. The Morgan fingerprint density at radius 2 is 2.33 bits per heavy atom. The van der Waals surface area contributed by atoms with Crippen LogP contribution in [0.15, 0.2) is 12.4 Å². The van der Waals surface area contributed by atoms with Gasteiger partial charge in [-0.1, -0.05) is 0 Å². The molecule has 0 aliphatic carbocycles. The SMILES string of the molecule is NNc1cnc(CN2CCCC(C(N)=O)C2)cn1. The van der Waals surface area contributed by atoms with E-state index in [-0.39, 0.29) is 11.8 Å². The summed E-state index contributed by atoms with van der Waals surface area (Å²) >= 11 is 0. The van der Waals surface area contributed by atoms with Gasteiger partial charge in [-0.15, -0.1) is 0 Å². The molecule has 0 aromatic carbocycles. The average molecular weight is 250 g/mol. The van der Waals surface area contributed by atoms with E-state index in [0.717, 1.165) is 25.1 Å². The van der Waals surface area contributed by atoms with Crippen molar-refractivity contribution in [3.8, 4) is 0 Å². The van der Waals surface area contributed by atoms with E-state index in [1.165, 1.54) is 0 Å². The molecule has 18 heavy (non-hydrogen) atoms. The number of nitrogens with zero attached hydrogens (tertiary/aromatic N) is 3. The molecule has 1 unspecified atom stereocenters. The molecule has 0 saturated carbocycles. The molecule has 1 amide bonds. The van der Waals surface area contributed by atoms with Gasteiger partial charge >= 0.3 is 0 Å². The number of carbonyl (C=O) groups is 1. The molecule has 2 rings (SSSR count). The zero-order valence-electron chi connectivity index (χ0n) is 10.2. The predicted octanol–water partition coefficient (Wildman–Crippen LogP) is -0.540. The molecule has 0 bridgehead atoms. The van der Waals surface area contributed by atoms with Crippen molar-refractivity contribution in [1.29, 1.82) is 0 Å². The van der Waals surface area contributed by atoms with Crippen molar-refractivity contribution in [3.05, 3.63) is 18.1 Å². The molecule has 1 aromatic rings. The van der Waals surface area contributed by atoms with Gasteiger partial charge in [-0.05, 0) is 19.4 Å². The number of aromatic nitrogens is 2. The Hall–Kier alpha value is -1.73. The van der Waals surface area contributed by atoms with Crippen LogP contribution in [0, 0.1) is 5.92 Å². The minimum Gasteiger partial charge on any atom is -0.369 e. The molecule has 7 nitrogen and oxygen atoms in total. The lowest BCUT2D eigenvalue weighted by Crippen LogP contribution is -2.40. The minimum absolute atomic E-state index is 0.0447. The number of primary amides is 1. The molecular formula is C11H18N6O. The van der Waals surface area contributed by atoms with Gasteiger partial charge in [0, 0.05) is 13.1 Å². The van der Waals surface area contributed by atoms with Crippen LogP contribution in [0.2, 0.25) is 0 Å². The smallest absolute Gasteiger partial charge is 0.221 e. The van der Waals surface area contributed by atoms with E-state index < -0.39 is 0 Å². The molecule has 1 aliphatic rings. The Balaban J connectivity index is 1.93. The first-order valence-electron chi connectivity index (χ1n) is 5.98. The number of likely N-dealkylation sites (tertiary alicyclic amines) is 1. The number of carbonyl (C=O) groups excluding carboxylic acids is 1. The van der Waals surface area contributed by atoms with Gasteiger partial charge in [-0.3, -0.25) is 14.7 Å². The van der Waals surface area contributed by atoms with Crippen LogP contribution in [0.3, 0.4) is 0 Å². The lowest BCUT2D eigenvalue weighted by molar-refractivity contribution is -0.123. The van der Waals surface area contributed by atoms with E-state index in [4.69, 9.17) is 11.6 Å². The zero-order chi connectivity index (χ0) is 13.0. The third kappa shape index (κ3) is 3.14. The number of rotatable bonds is 4. The van der Waals surface area contributed by atoms with Gasteiger partial charge in [0.15, 0.2) is 5.82 Å². The molecular weight excluding hydrogens is 232 g/mol. The molecule has 1 fully saturated rings. The van der Waals surface area contributed by atoms with Crippen LogP contribution in [0.25, 0.3) is 0 Å². The number of amides is 1. The van der Waals surface area contributed by atoms with Crippen LogP contribution >= 0.6 is 0 Å². The molecule has 0 spiro atoms. The van der Waals surface area contributed by atoms with Gasteiger partial charge in [0.2, 0.25) is 5.91 Å². The second kappa shape index (κ2) is 5.74.